The Kier molecular flexibility index (Phi) is 8.42. The molecular formula is C11H16N2O6. The Hall–Kier alpha value is -2.38. The van der Waals surface area contributed by atoms with Crippen LogP contribution in [0.1, 0.15) is 6.92 Å². The van der Waals surface area contributed by atoms with E-state index in [1.165, 1.54) is 7.05 Å². The standard InChI is InChI=1S/C11H16N2O6/c1-3-18-10(16)4-5-11(17)19-7-9(15)13-6-8(14)12-2/h4-5H,3,6-7H2,1-2H3,(H,12,14)(H,13,15)/b5-4+. The second-order valence-electron chi connectivity index (χ2n) is 3.14. The van der Waals surface area contributed by atoms with E-state index >= 15 is 0 Å². The molecule has 0 unspecified atom stereocenters. The van der Waals surface area contributed by atoms with Crippen LogP contribution in [0.4, 0.5) is 0 Å². The van der Waals surface area contributed by atoms with Crippen molar-refractivity contribution in [3.63, 3.8) is 0 Å². The lowest BCUT2D eigenvalue weighted by atomic mass is 10.5. The number of hydrogen-bond acceptors (Lipinski definition) is 6. The number of nitrogens with one attached hydrogen (secondary N) is 2. The first kappa shape index (κ1) is 16.6. The lowest BCUT2D eigenvalue weighted by molar-refractivity contribution is -0.144. The van der Waals surface area contributed by atoms with Crippen molar-refractivity contribution in [3.05, 3.63) is 12.2 Å². The summed E-state index contributed by atoms with van der Waals surface area (Å²) >= 11 is 0. The molecule has 0 aromatic heterocycles. The molecule has 0 bridgehead atoms. The van der Waals surface area contributed by atoms with Crippen molar-refractivity contribution in [2.45, 2.75) is 6.92 Å². The van der Waals surface area contributed by atoms with Gasteiger partial charge in [0.15, 0.2) is 6.61 Å². The fraction of sp³-hybridized carbons (Fsp3) is 0.455. The molecule has 0 aliphatic carbocycles. The molecule has 0 fully saturated rings. The lowest BCUT2D eigenvalue weighted by Gasteiger charge is -2.04. The lowest BCUT2D eigenvalue weighted by Crippen LogP contribution is -2.37. The van der Waals surface area contributed by atoms with Gasteiger partial charge in [-0.1, -0.05) is 0 Å². The van der Waals surface area contributed by atoms with Crippen LogP contribution < -0.4 is 10.6 Å². The van der Waals surface area contributed by atoms with Crippen LogP contribution >= 0.6 is 0 Å². The highest BCUT2D eigenvalue weighted by molar-refractivity contribution is 5.93. The summed E-state index contributed by atoms with van der Waals surface area (Å²) in [4.78, 5) is 43.9. The van der Waals surface area contributed by atoms with Gasteiger partial charge < -0.3 is 20.1 Å². The van der Waals surface area contributed by atoms with Crippen LogP contribution in [0, 0.1) is 0 Å². The first-order valence-corrected chi connectivity index (χ1v) is 5.48. The number of carbonyl (C=O) groups is 4. The zero-order chi connectivity index (χ0) is 14.7. The highest BCUT2D eigenvalue weighted by Gasteiger charge is 2.07. The van der Waals surface area contributed by atoms with Crippen LogP contribution in [-0.4, -0.2) is 50.6 Å². The van der Waals surface area contributed by atoms with Gasteiger partial charge in [0.05, 0.1) is 13.2 Å². The molecule has 106 valence electrons. The average molecular weight is 272 g/mol. The average Bonchev–Trinajstić information content (AvgIpc) is 2.40. The summed E-state index contributed by atoms with van der Waals surface area (Å²) in [6.07, 6.45) is 1.75. The van der Waals surface area contributed by atoms with Crippen LogP contribution in [0.15, 0.2) is 12.2 Å². The predicted molar refractivity (Wildman–Crippen MR) is 63.8 cm³/mol. The van der Waals surface area contributed by atoms with Crippen molar-refractivity contribution < 1.29 is 28.7 Å². The van der Waals surface area contributed by atoms with E-state index < -0.39 is 24.5 Å². The van der Waals surface area contributed by atoms with Crippen molar-refractivity contribution in [1.29, 1.82) is 0 Å². The Morgan fingerprint density at radius 1 is 1.00 bits per heavy atom. The quantitative estimate of drug-likeness (QED) is 0.431. The molecule has 8 heteroatoms. The topological polar surface area (TPSA) is 111 Å². The van der Waals surface area contributed by atoms with Crippen molar-refractivity contribution in [2.24, 2.45) is 0 Å². The molecule has 0 spiro atoms. The minimum absolute atomic E-state index is 0.195. The summed E-state index contributed by atoms with van der Waals surface area (Å²) in [6, 6.07) is 0. The van der Waals surface area contributed by atoms with Gasteiger partial charge in [0.2, 0.25) is 5.91 Å². The van der Waals surface area contributed by atoms with Gasteiger partial charge >= 0.3 is 11.9 Å². The molecule has 0 aromatic rings. The Morgan fingerprint density at radius 3 is 2.11 bits per heavy atom. The summed E-state index contributed by atoms with van der Waals surface area (Å²) in [5.41, 5.74) is 0. The first-order chi connectivity index (χ1) is 8.99. The third-order valence-electron chi connectivity index (χ3n) is 1.71. The van der Waals surface area contributed by atoms with Gasteiger partial charge in [0.1, 0.15) is 0 Å². The van der Waals surface area contributed by atoms with E-state index in [0.717, 1.165) is 12.2 Å². The zero-order valence-corrected chi connectivity index (χ0v) is 10.7. The Balaban J connectivity index is 3.87. The van der Waals surface area contributed by atoms with E-state index in [4.69, 9.17) is 0 Å². The molecule has 0 atom stereocenters. The van der Waals surface area contributed by atoms with Crippen LogP contribution in [0.25, 0.3) is 0 Å². The second-order valence-corrected chi connectivity index (χ2v) is 3.14. The van der Waals surface area contributed by atoms with Gasteiger partial charge in [0, 0.05) is 19.2 Å². The largest absolute Gasteiger partial charge is 0.463 e. The van der Waals surface area contributed by atoms with Crippen LogP contribution in [0.2, 0.25) is 0 Å². The van der Waals surface area contributed by atoms with Gasteiger partial charge in [-0.15, -0.1) is 0 Å². The minimum atomic E-state index is -0.858. The molecule has 8 nitrogen and oxygen atoms in total. The number of likely N-dealkylation sites (N-methyl/N-ethyl adjacent to an activating group) is 1. The van der Waals surface area contributed by atoms with E-state index in [1.54, 1.807) is 6.92 Å². The Morgan fingerprint density at radius 2 is 1.58 bits per heavy atom. The van der Waals surface area contributed by atoms with E-state index in [2.05, 4.69) is 20.1 Å². The van der Waals surface area contributed by atoms with Crippen molar-refractivity contribution in [1.82, 2.24) is 10.6 Å². The number of carbonyl (C=O) groups excluding carboxylic acids is 4. The predicted octanol–water partition coefficient (Wildman–Crippen LogP) is -1.49. The van der Waals surface area contributed by atoms with Gasteiger partial charge in [-0.05, 0) is 6.92 Å². The molecule has 0 saturated heterocycles. The van der Waals surface area contributed by atoms with Gasteiger partial charge in [0.25, 0.3) is 5.91 Å². The van der Waals surface area contributed by atoms with Crippen LogP contribution in [-0.2, 0) is 28.7 Å². The third kappa shape index (κ3) is 9.33. The van der Waals surface area contributed by atoms with E-state index in [1.807, 2.05) is 0 Å². The number of ether oxygens (including phenoxy) is 2. The Bertz CT molecular complexity index is 377. The Labute approximate surface area is 110 Å². The maximum atomic E-state index is 11.1. The van der Waals surface area contributed by atoms with Crippen molar-refractivity contribution >= 4 is 23.8 Å². The molecule has 2 amide bonds. The van der Waals surface area contributed by atoms with E-state index in [0.29, 0.717) is 0 Å². The number of hydrogen-bond donors (Lipinski definition) is 2. The third-order valence-corrected chi connectivity index (χ3v) is 1.71. The molecule has 0 aromatic carbocycles. The summed E-state index contributed by atoms with van der Waals surface area (Å²) < 4.78 is 9.06. The molecule has 0 aliphatic heterocycles. The molecule has 0 saturated carbocycles. The fourth-order valence-corrected chi connectivity index (χ4v) is 0.830. The van der Waals surface area contributed by atoms with Gasteiger partial charge in [-0.3, -0.25) is 9.59 Å². The zero-order valence-electron chi connectivity index (χ0n) is 10.7. The van der Waals surface area contributed by atoms with E-state index in [-0.39, 0.29) is 19.1 Å². The normalized spacial score (nSPS) is 9.79. The van der Waals surface area contributed by atoms with Crippen LogP contribution in [0.5, 0.6) is 0 Å². The monoisotopic (exact) mass is 272 g/mol. The molecular weight excluding hydrogens is 256 g/mol. The van der Waals surface area contributed by atoms with Gasteiger partial charge in [-0.25, -0.2) is 9.59 Å². The summed E-state index contributed by atoms with van der Waals surface area (Å²) in [5.74, 6) is -2.53. The SMILES string of the molecule is CCOC(=O)/C=C/C(=O)OCC(=O)NCC(=O)NC. The molecule has 0 radical (unpaired) electrons. The number of rotatable bonds is 7. The minimum Gasteiger partial charge on any atom is -0.463 e. The maximum absolute atomic E-state index is 11.1. The second kappa shape index (κ2) is 9.63. The number of amides is 2. The number of esters is 2. The summed E-state index contributed by atoms with van der Waals surface area (Å²) in [7, 11) is 1.43. The van der Waals surface area contributed by atoms with Crippen molar-refractivity contribution in [2.75, 3.05) is 26.8 Å². The molecule has 19 heavy (non-hydrogen) atoms. The first-order valence-electron chi connectivity index (χ1n) is 5.48. The molecule has 0 aliphatic rings. The molecule has 0 heterocycles. The molecule has 0 rings (SSSR count). The highest BCUT2D eigenvalue weighted by atomic mass is 16.5. The maximum Gasteiger partial charge on any atom is 0.331 e. The molecule has 2 N–H and O–H groups in total. The smallest absolute Gasteiger partial charge is 0.331 e. The van der Waals surface area contributed by atoms with Crippen molar-refractivity contribution in [3.8, 4) is 0 Å². The van der Waals surface area contributed by atoms with Crippen LogP contribution in [0.3, 0.4) is 0 Å². The highest BCUT2D eigenvalue weighted by Crippen LogP contribution is 1.85. The summed E-state index contributed by atoms with van der Waals surface area (Å²) in [6.45, 7) is 1.08. The fourth-order valence-electron chi connectivity index (χ4n) is 0.830. The summed E-state index contributed by atoms with van der Waals surface area (Å²) in [5, 5.41) is 4.54. The van der Waals surface area contributed by atoms with Gasteiger partial charge in [-0.2, -0.15) is 0 Å². The van der Waals surface area contributed by atoms with E-state index in [9.17, 15) is 19.2 Å².